The second-order valence-electron chi connectivity index (χ2n) is 13.5. The van der Waals surface area contributed by atoms with E-state index in [2.05, 4.69) is 60.7 Å². The SMILES string of the molecule is CCC(CC)CC1(C(=O)Nc2cnccc2NSc2ccccc2NC(=O)C2(CC(CC)CC)CCCCC2)CCCCC1.CS. The van der Waals surface area contributed by atoms with Gasteiger partial charge in [-0.1, -0.05) is 104 Å². The quantitative estimate of drug-likeness (QED) is 0.112. The molecule has 256 valence electrons. The molecule has 1 aromatic heterocycles. The molecule has 2 fully saturated rings. The van der Waals surface area contributed by atoms with Crippen molar-refractivity contribution in [2.24, 2.45) is 22.7 Å². The zero-order valence-electron chi connectivity index (χ0n) is 29.1. The number of rotatable bonds is 15. The van der Waals surface area contributed by atoms with Gasteiger partial charge in [0.25, 0.3) is 0 Å². The van der Waals surface area contributed by atoms with Gasteiger partial charge in [0.1, 0.15) is 0 Å². The van der Waals surface area contributed by atoms with Crippen LogP contribution in [0.2, 0.25) is 0 Å². The summed E-state index contributed by atoms with van der Waals surface area (Å²) >= 11 is 4.99. The zero-order valence-corrected chi connectivity index (χ0v) is 30.8. The van der Waals surface area contributed by atoms with Crippen molar-refractivity contribution < 1.29 is 9.59 Å². The highest BCUT2D eigenvalue weighted by Crippen LogP contribution is 2.46. The Labute approximate surface area is 289 Å². The van der Waals surface area contributed by atoms with Crippen LogP contribution in [0.1, 0.15) is 130 Å². The van der Waals surface area contributed by atoms with E-state index < -0.39 is 0 Å². The first-order valence-corrected chi connectivity index (χ1v) is 19.6. The Morgan fingerprint density at radius 1 is 0.717 bits per heavy atom. The van der Waals surface area contributed by atoms with E-state index in [1.165, 1.54) is 24.8 Å². The molecule has 2 aromatic rings. The van der Waals surface area contributed by atoms with Gasteiger partial charge in [-0.05, 0) is 86.8 Å². The molecule has 2 saturated carbocycles. The van der Waals surface area contributed by atoms with E-state index in [0.29, 0.717) is 17.5 Å². The van der Waals surface area contributed by atoms with Crippen LogP contribution in [0, 0.1) is 22.7 Å². The highest BCUT2D eigenvalue weighted by atomic mass is 32.2. The van der Waals surface area contributed by atoms with Gasteiger partial charge >= 0.3 is 0 Å². The fourth-order valence-electron chi connectivity index (χ4n) is 7.63. The van der Waals surface area contributed by atoms with Crippen molar-refractivity contribution >= 4 is 53.5 Å². The molecule has 1 heterocycles. The highest BCUT2D eigenvalue weighted by Gasteiger charge is 2.42. The van der Waals surface area contributed by atoms with Crippen molar-refractivity contribution in [3.63, 3.8) is 0 Å². The molecule has 46 heavy (non-hydrogen) atoms. The summed E-state index contributed by atoms with van der Waals surface area (Å²) in [4.78, 5) is 33.2. The molecule has 0 atom stereocenters. The minimum atomic E-state index is -0.310. The van der Waals surface area contributed by atoms with Gasteiger partial charge in [-0.2, -0.15) is 12.6 Å². The molecule has 2 aliphatic rings. The summed E-state index contributed by atoms with van der Waals surface area (Å²) in [6, 6.07) is 9.92. The predicted octanol–water partition coefficient (Wildman–Crippen LogP) is 11.2. The summed E-state index contributed by atoms with van der Waals surface area (Å²) in [6.07, 6.45) is 22.3. The minimum Gasteiger partial charge on any atom is -0.325 e. The Kier molecular flexibility index (Phi) is 16.3. The molecule has 2 aliphatic carbocycles. The van der Waals surface area contributed by atoms with Gasteiger partial charge in [0.05, 0.1) is 28.2 Å². The first kappa shape index (κ1) is 38.3. The molecule has 1 aromatic carbocycles. The second-order valence-corrected chi connectivity index (χ2v) is 14.3. The van der Waals surface area contributed by atoms with Crippen LogP contribution >= 0.6 is 24.6 Å². The summed E-state index contributed by atoms with van der Waals surface area (Å²) < 4.78 is 3.48. The Hall–Kier alpha value is -2.19. The van der Waals surface area contributed by atoms with Gasteiger partial charge in [-0.25, -0.2) is 0 Å². The molecule has 2 amide bonds. The Morgan fingerprint density at radius 2 is 1.20 bits per heavy atom. The maximum atomic E-state index is 14.0. The van der Waals surface area contributed by atoms with Gasteiger partial charge in [-0.3, -0.25) is 14.6 Å². The summed E-state index contributed by atoms with van der Waals surface area (Å²) in [5.74, 6) is 1.44. The number of pyridine rings is 1. The first-order valence-electron chi connectivity index (χ1n) is 17.9. The van der Waals surface area contributed by atoms with Crippen LogP contribution in [0.5, 0.6) is 0 Å². The number of nitrogens with zero attached hydrogens (tertiary/aromatic N) is 1. The second kappa shape index (κ2) is 19.6. The maximum absolute atomic E-state index is 14.0. The van der Waals surface area contributed by atoms with Crippen molar-refractivity contribution in [1.29, 1.82) is 0 Å². The number of thiol groups is 1. The van der Waals surface area contributed by atoms with Crippen LogP contribution in [-0.2, 0) is 9.59 Å². The molecule has 3 N–H and O–H groups in total. The fraction of sp³-hybridized carbons (Fsp3) is 0.658. The van der Waals surface area contributed by atoms with Gasteiger partial charge in [0.2, 0.25) is 11.8 Å². The number of amides is 2. The van der Waals surface area contributed by atoms with Crippen molar-refractivity contribution in [2.45, 2.75) is 135 Å². The number of nitrogens with one attached hydrogen (secondary N) is 3. The number of hydrogen-bond acceptors (Lipinski definition) is 6. The standard InChI is InChI=1S/C37H56N4O2S.CH4S/c1-5-28(6-2)25-36(20-13-9-14-21-36)34(42)39-31-17-11-12-18-33(31)44-41-30-19-24-38-27-32(30)40-35(43)37(22-15-10-16-23-37)26-29(7-3)8-4;1-2/h11-12,17-19,24,27-29H,5-10,13-16,20-23,25-26H2,1-4H3,(H,38,41)(H,39,42)(H,40,43);2H,1H3. The lowest BCUT2D eigenvalue weighted by Crippen LogP contribution is -2.39. The van der Waals surface area contributed by atoms with E-state index in [9.17, 15) is 9.59 Å². The molecular formula is C38H60N4O2S2. The van der Waals surface area contributed by atoms with Crippen molar-refractivity contribution in [2.75, 3.05) is 21.6 Å². The Morgan fingerprint density at radius 3 is 1.70 bits per heavy atom. The van der Waals surface area contributed by atoms with E-state index in [0.717, 1.165) is 106 Å². The summed E-state index contributed by atoms with van der Waals surface area (Å²) in [5.41, 5.74) is 1.75. The summed E-state index contributed by atoms with van der Waals surface area (Å²) in [7, 11) is 0. The Balaban J connectivity index is 0.00000282. The number of hydrogen-bond donors (Lipinski definition) is 4. The molecule has 0 bridgehead atoms. The van der Waals surface area contributed by atoms with E-state index in [4.69, 9.17) is 0 Å². The van der Waals surface area contributed by atoms with Crippen molar-refractivity contribution in [3.8, 4) is 0 Å². The molecule has 0 radical (unpaired) electrons. The van der Waals surface area contributed by atoms with E-state index in [1.807, 2.05) is 30.3 Å². The average Bonchev–Trinajstić information content (AvgIpc) is 3.11. The van der Waals surface area contributed by atoms with Crippen LogP contribution in [0.25, 0.3) is 0 Å². The van der Waals surface area contributed by atoms with E-state index >= 15 is 0 Å². The third-order valence-corrected chi connectivity index (χ3v) is 11.6. The van der Waals surface area contributed by atoms with Crippen LogP contribution in [-0.4, -0.2) is 23.1 Å². The third kappa shape index (κ3) is 10.2. The molecule has 4 rings (SSSR count). The minimum absolute atomic E-state index is 0.132. The lowest BCUT2D eigenvalue weighted by Gasteiger charge is -2.38. The van der Waals surface area contributed by atoms with Crippen LogP contribution in [0.4, 0.5) is 17.1 Å². The van der Waals surface area contributed by atoms with Gasteiger partial charge < -0.3 is 15.4 Å². The fourth-order valence-corrected chi connectivity index (χ4v) is 8.40. The number of carbonyl (C=O) groups is 2. The normalized spacial score (nSPS) is 17.1. The molecule has 0 unspecified atom stereocenters. The van der Waals surface area contributed by atoms with Crippen LogP contribution < -0.4 is 15.4 Å². The highest BCUT2D eigenvalue weighted by molar-refractivity contribution is 8.00. The monoisotopic (exact) mass is 668 g/mol. The van der Waals surface area contributed by atoms with Crippen molar-refractivity contribution in [3.05, 3.63) is 42.7 Å². The number of benzene rings is 1. The largest absolute Gasteiger partial charge is 0.325 e. The lowest BCUT2D eigenvalue weighted by molar-refractivity contribution is -0.129. The average molecular weight is 669 g/mol. The maximum Gasteiger partial charge on any atom is 0.230 e. The smallest absolute Gasteiger partial charge is 0.230 e. The van der Waals surface area contributed by atoms with E-state index in [1.54, 1.807) is 18.6 Å². The molecule has 0 spiro atoms. The molecular weight excluding hydrogens is 609 g/mol. The molecule has 0 aliphatic heterocycles. The number of anilines is 3. The molecule has 6 nitrogen and oxygen atoms in total. The zero-order chi connectivity index (χ0) is 33.4. The van der Waals surface area contributed by atoms with Crippen LogP contribution in [0.15, 0.2) is 47.6 Å². The molecule has 0 saturated heterocycles. The lowest BCUT2D eigenvalue weighted by atomic mass is 9.67. The number of carbonyl (C=O) groups excluding carboxylic acids is 2. The van der Waals surface area contributed by atoms with Gasteiger partial charge in [-0.15, -0.1) is 0 Å². The number of aromatic nitrogens is 1. The van der Waals surface area contributed by atoms with Crippen molar-refractivity contribution in [1.82, 2.24) is 4.98 Å². The summed E-state index contributed by atoms with van der Waals surface area (Å²) in [5, 5.41) is 6.64. The Bertz CT molecular complexity index is 1110. The van der Waals surface area contributed by atoms with Crippen LogP contribution in [0.3, 0.4) is 0 Å². The topological polar surface area (TPSA) is 83.1 Å². The first-order chi connectivity index (χ1) is 22.4. The number of para-hydroxylation sites is 1. The third-order valence-electron chi connectivity index (χ3n) is 10.7. The van der Waals surface area contributed by atoms with Gasteiger partial charge in [0.15, 0.2) is 0 Å². The van der Waals surface area contributed by atoms with E-state index in [-0.39, 0.29) is 22.6 Å². The molecule has 8 heteroatoms. The predicted molar refractivity (Wildman–Crippen MR) is 201 cm³/mol. The van der Waals surface area contributed by atoms with Gasteiger partial charge in [0, 0.05) is 17.0 Å². The summed E-state index contributed by atoms with van der Waals surface area (Å²) in [6.45, 7) is 8.98.